The van der Waals surface area contributed by atoms with Gasteiger partial charge in [0.1, 0.15) is 0 Å². The van der Waals surface area contributed by atoms with Gasteiger partial charge >= 0.3 is 0 Å². The van der Waals surface area contributed by atoms with E-state index in [1.807, 2.05) is 6.92 Å². The monoisotopic (exact) mass is 186 g/mol. The van der Waals surface area contributed by atoms with E-state index in [9.17, 15) is 0 Å². The standard InChI is InChI=1S/C11H19Cl/c1-3-4-5-6-7-8-9-10-11(2)12/h11H,3-5,8-10H2,1-2H3. The molecule has 0 N–H and O–H groups in total. The molecule has 0 heterocycles. The topological polar surface area (TPSA) is 0 Å². The molecule has 0 aliphatic carbocycles. The summed E-state index contributed by atoms with van der Waals surface area (Å²) >= 11 is 5.79. The highest BCUT2D eigenvalue weighted by atomic mass is 35.5. The van der Waals surface area contributed by atoms with E-state index in [-0.39, 0.29) is 0 Å². The molecular formula is C11H19Cl. The van der Waals surface area contributed by atoms with Crippen LogP contribution in [0.2, 0.25) is 0 Å². The van der Waals surface area contributed by atoms with E-state index in [0.717, 1.165) is 25.7 Å². The first kappa shape index (κ1) is 11.8. The zero-order valence-corrected chi connectivity index (χ0v) is 8.95. The minimum Gasteiger partial charge on any atom is -0.123 e. The Bertz CT molecular complexity index is 139. The molecule has 12 heavy (non-hydrogen) atoms. The van der Waals surface area contributed by atoms with E-state index in [4.69, 9.17) is 11.6 Å². The van der Waals surface area contributed by atoms with Crippen LogP contribution in [0.15, 0.2) is 0 Å². The Morgan fingerprint density at radius 2 is 1.75 bits per heavy atom. The van der Waals surface area contributed by atoms with Gasteiger partial charge in [-0.3, -0.25) is 0 Å². The molecule has 0 saturated carbocycles. The summed E-state index contributed by atoms with van der Waals surface area (Å²) in [6, 6.07) is 0. The van der Waals surface area contributed by atoms with Crippen molar-refractivity contribution < 1.29 is 0 Å². The molecule has 0 aliphatic heterocycles. The third kappa shape index (κ3) is 9.85. The lowest BCUT2D eigenvalue weighted by Gasteiger charge is -1.96. The van der Waals surface area contributed by atoms with Gasteiger partial charge in [-0.1, -0.05) is 13.3 Å². The van der Waals surface area contributed by atoms with Crippen molar-refractivity contribution in [1.82, 2.24) is 0 Å². The molecule has 70 valence electrons. The molecule has 0 fully saturated rings. The normalized spacial score (nSPS) is 11.9. The largest absolute Gasteiger partial charge is 0.123 e. The Morgan fingerprint density at radius 3 is 2.25 bits per heavy atom. The smallest absolute Gasteiger partial charge is 0.0308 e. The van der Waals surface area contributed by atoms with Gasteiger partial charge in [-0.05, 0) is 26.2 Å². The quantitative estimate of drug-likeness (QED) is 0.346. The van der Waals surface area contributed by atoms with Crippen molar-refractivity contribution in [3.8, 4) is 11.8 Å². The molecule has 0 aromatic rings. The fraction of sp³-hybridized carbons (Fsp3) is 0.818. The van der Waals surface area contributed by atoms with E-state index in [1.165, 1.54) is 12.8 Å². The van der Waals surface area contributed by atoms with Crippen LogP contribution in [0.25, 0.3) is 0 Å². The number of rotatable bonds is 5. The molecular weight excluding hydrogens is 168 g/mol. The first-order chi connectivity index (χ1) is 5.77. The fourth-order valence-corrected chi connectivity index (χ4v) is 1.07. The van der Waals surface area contributed by atoms with Gasteiger partial charge in [0.15, 0.2) is 0 Å². The van der Waals surface area contributed by atoms with Crippen LogP contribution in [-0.4, -0.2) is 5.38 Å². The predicted molar refractivity (Wildman–Crippen MR) is 56.5 cm³/mol. The number of hydrogen-bond donors (Lipinski definition) is 0. The van der Waals surface area contributed by atoms with Crippen molar-refractivity contribution in [3.05, 3.63) is 0 Å². The van der Waals surface area contributed by atoms with Crippen LogP contribution in [0.4, 0.5) is 0 Å². The lowest BCUT2D eigenvalue weighted by atomic mass is 10.2. The van der Waals surface area contributed by atoms with Crippen LogP contribution in [0, 0.1) is 11.8 Å². The van der Waals surface area contributed by atoms with E-state index in [2.05, 4.69) is 18.8 Å². The SMILES string of the molecule is CCCCC#CCCCC(C)Cl. The van der Waals surface area contributed by atoms with Crippen molar-refractivity contribution >= 4 is 11.6 Å². The fourth-order valence-electron chi connectivity index (χ4n) is 0.914. The second-order valence-corrected chi connectivity index (χ2v) is 3.88. The molecule has 0 aromatic carbocycles. The first-order valence-corrected chi connectivity index (χ1v) is 5.30. The summed E-state index contributed by atoms with van der Waals surface area (Å²) in [6.07, 6.45) is 6.79. The number of hydrogen-bond acceptors (Lipinski definition) is 0. The van der Waals surface area contributed by atoms with Crippen LogP contribution in [-0.2, 0) is 0 Å². The Hall–Kier alpha value is -0.150. The van der Waals surface area contributed by atoms with Crippen LogP contribution < -0.4 is 0 Å². The van der Waals surface area contributed by atoms with Gasteiger partial charge in [0.05, 0.1) is 0 Å². The average Bonchev–Trinajstić information content (AvgIpc) is 2.02. The molecule has 0 aromatic heterocycles. The van der Waals surface area contributed by atoms with Crippen molar-refractivity contribution in [2.45, 2.75) is 57.7 Å². The van der Waals surface area contributed by atoms with E-state index in [0.29, 0.717) is 5.38 Å². The van der Waals surface area contributed by atoms with Gasteiger partial charge in [0, 0.05) is 18.2 Å². The molecule has 0 rings (SSSR count). The number of alkyl halides is 1. The molecule has 0 saturated heterocycles. The number of unbranched alkanes of at least 4 members (excludes halogenated alkanes) is 3. The van der Waals surface area contributed by atoms with Crippen LogP contribution in [0.5, 0.6) is 0 Å². The van der Waals surface area contributed by atoms with Gasteiger partial charge in [0.25, 0.3) is 0 Å². The highest BCUT2D eigenvalue weighted by Crippen LogP contribution is 2.05. The highest BCUT2D eigenvalue weighted by Gasteiger charge is 1.92. The molecule has 0 spiro atoms. The maximum Gasteiger partial charge on any atom is 0.0308 e. The van der Waals surface area contributed by atoms with E-state index in [1.54, 1.807) is 0 Å². The van der Waals surface area contributed by atoms with Gasteiger partial charge in [-0.15, -0.1) is 23.4 Å². The summed E-state index contributed by atoms with van der Waals surface area (Å²) in [6.45, 7) is 4.23. The summed E-state index contributed by atoms with van der Waals surface area (Å²) in [5.74, 6) is 6.33. The zero-order chi connectivity index (χ0) is 9.23. The van der Waals surface area contributed by atoms with Crippen molar-refractivity contribution in [3.63, 3.8) is 0 Å². The third-order valence-electron chi connectivity index (χ3n) is 1.68. The lowest BCUT2D eigenvalue weighted by molar-refractivity contribution is 0.743. The van der Waals surface area contributed by atoms with Crippen molar-refractivity contribution in [2.75, 3.05) is 0 Å². The Balaban J connectivity index is 3.10. The molecule has 0 aliphatic rings. The second kappa shape index (κ2) is 8.94. The molecule has 1 atom stereocenters. The van der Waals surface area contributed by atoms with Gasteiger partial charge in [0.2, 0.25) is 0 Å². The molecule has 0 bridgehead atoms. The maximum atomic E-state index is 5.79. The summed E-state index contributed by atoms with van der Waals surface area (Å²) in [5.41, 5.74) is 0. The van der Waals surface area contributed by atoms with Gasteiger partial charge in [-0.25, -0.2) is 0 Å². The first-order valence-electron chi connectivity index (χ1n) is 4.87. The third-order valence-corrected chi connectivity index (χ3v) is 1.90. The molecule has 1 unspecified atom stereocenters. The highest BCUT2D eigenvalue weighted by molar-refractivity contribution is 6.20. The van der Waals surface area contributed by atoms with Crippen LogP contribution in [0.3, 0.4) is 0 Å². The van der Waals surface area contributed by atoms with Gasteiger partial charge < -0.3 is 0 Å². The number of halogens is 1. The Labute approximate surface area is 81.7 Å². The molecule has 1 heteroatoms. The zero-order valence-electron chi connectivity index (χ0n) is 8.20. The minimum atomic E-state index is 0.308. The van der Waals surface area contributed by atoms with Crippen molar-refractivity contribution in [1.29, 1.82) is 0 Å². The average molecular weight is 187 g/mol. The second-order valence-electron chi connectivity index (χ2n) is 3.13. The van der Waals surface area contributed by atoms with Gasteiger partial charge in [-0.2, -0.15) is 0 Å². The Kier molecular flexibility index (Phi) is 8.83. The summed E-state index contributed by atoms with van der Waals surface area (Å²) < 4.78 is 0. The van der Waals surface area contributed by atoms with Crippen LogP contribution >= 0.6 is 11.6 Å². The Morgan fingerprint density at radius 1 is 1.17 bits per heavy atom. The molecule has 0 nitrogen and oxygen atoms in total. The van der Waals surface area contributed by atoms with Crippen LogP contribution in [0.1, 0.15) is 52.4 Å². The molecule has 0 radical (unpaired) electrons. The summed E-state index contributed by atoms with van der Waals surface area (Å²) in [5, 5.41) is 0.308. The van der Waals surface area contributed by atoms with E-state index < -0.39 is 0 Å². The summed E-state index contributed by atoms with van der Waals surface area (Å²) in [4.78, 5) is 0. The maximum absolute atomic E-state index is 5.79. The summed E-state index contributed by atoms with van der Waals surface area (Å²) in [7, 11) is 0. The molecule has 0 amide bonds. The van der Waals surface area contributed by atoms with Crippen molar-refractivity contribution in [2.24, 2.45) is 0 Å². The predicted octanol–water partition coefficient (Wildman–Crippen LogP) is 3.98. The lowest BCUT2D eigenvalue weighted by Crippen LogP contribution is -1.88. The minimum absolute atomic E-state index is 0.308. The van der Waals surface area contributed by atoms with E-state index >= 15 is 0 Å².